The van der Waals surface area contributed by atoms with Gasteiger partial charge in [-0.25, -0.2) is 0 Å². The number of rotatable bonds is 6. The summed E-state index contributed by atoms with van der Waals surface area (Å²) in [7, 11) is 0. The number of hydrogen-bond donors (Lipinski definition) is 1. The van der Waals surface area contributed by atoms with Gasteiger partial charge >= 0.3 is 0 Å². The average Bonchev–Trinajstić information content (AvgIpc) is 2.85. The van der Waals surface area contributed by atoms with Gasteiger partial charge in [0.05, 0.1) is 4.92 Å². The Morgan fingerprint density at radius 1 is 0.943 bits per heavy atom. The first-order valence-corrected chi connectivity index (χ1v) is 11.2. The lowest BCUT2D eigenvalue weighted by molar-refractivity contribution is -0.384. The van der Waals surface area contributed by atoms with Crippen LogP contribution in [0.15, 0.2) is 66.7 Å². The van der Waals surface area contributed by atoms with Crippen molar-refractivity contribution in [1.29, 1.82) is 0 Å². The maximum atomic E-state index is 12.8. The zero-order valence-electron chi connectivity index (χ0n) is 19.6. The normalized spacial score (nSPS) is 13.3. The summed E-state index contributed by atoms with van der Waals surface area (Å²) in [5.41, 5.74) is 2.11. The molecule has 2 amide bonds. The van der Waals surface area contributed by atoms with Crippen LogP contribution in [0.1, 0.15) is 22.8 Å². The molecule has 0 radical (unpaired) electrons. The number of nitro groups is 1. The van der Waals surface area contributed by atoms with Gasteiger partial charge in [0.2, 0.25) is 5.91 Å². The Kier molecular flexibility index (Phi) is 6.96. The molecule has 0 aromatic heterocycles. The van der Waals surface area contributed by atoms with E-state index in [-0.39, 0.29) is 17.2 Å². The van der Waals surface area contributed by atoms with Gasteiger partial charge in [-0.2, -0.15) is 0 Å². The molecule has 1 saturated heterocycles. The van der Waals surface area contributed by atoms with E-state index in [0.717, 1.165) is 11.3 Å². The van der Waals surface area contributed by atoms with Crippen molar-refractivity contribution >= 4 is 28.9 Å². The lowest BCUT2D eigenvalue weighted by Crippen LogP contribution is -2.48. The van der Waals surface area contributed by atoms with E-state index in [4.69, 9.17) is 4.74 Å². The van der Waals surface area contributed by atoms with Crippen LogP contribution in [-0.4, -0.2) is 47.8 Å². The molecule has 4 rings (SSSR count). The maximum Gasteiger partial charge on any atom is 0.293 e. The highest BCUT2D eigenvalue weighted by Crippen LogP contribution is 2.31. The van der Waals surface area contributed by atoms with Crippen LogP contribution in [0, 0.1) is 17.0 Å². The number of nitrogens with zero attached hydrogens (tertiary/aromatic N) is 3. The van der Waals surface area contributed by atoms with Gasteiger partial charge in [-0.3, -0.25) is 19.7 Å². The first kappa shape index (κ1) is 23.7. The number of aryl methyl sites for hydroxylation is 1. The largest absolute Gasteiger partial charge is 0.457 e. The first-order chi connectivity index (χ1) is 16.8. The number of nitro benzene ring substituents is 1. The minimum Gasteiger partial charge on any atom is -0.457 e. The highest BCUT2D eigenvalue weighted by atomic mass is 16.6. The molecule has 0 atom stereocenters. The van der Waals surface area contributed by atoms with Crippen LogP contribution in [-0.2, 0) is 4.79 Å². The fourth-order valence-corrected chi connectivity index (χ4v) is 3.97. The molecular formula is C26H26N4O5. The van der Waals surface area contributed by atoms with Crippen molar-refractivity contribution in [1.82, 2.24) is 4.90 Å². The van der Waals surface area contributed by atoms with E-state index in [1.807, 2.05) is 36.1 Å². The molecule has 1 heterocycles. The zero-order valence-corrected chi connectivity index (χ0v) is 19.6. The average molecular weight is 475 g/mol. The number of anilines is 2. The van der Waals surface area contributed by atoms with E-state index in [2.05, 4.69) is 5.32 Å². The molecule has 1 fully saturated rings. The summed E-state index contributed by atoms with van der Waals surface area (Å²) in [6.07, 6.45) is 0. The second-order valence-corrected chi connectivity index (χ2v) is 8.35. The number of amides is 2. The number of benzene rings is 3. The summed E-state index contributed by atoms with van der Waals surface area (Å²) in [5, 5.41) is 14.5. The molecule has 3 aromatic carbocycles. The monoisotopic (exact) mass is 474 g/mol. The smallest absolute Gasteiger partial charge is 0.293 e. The van der Waals surface area contributed by atoms with Crippen molar-refractivity contribution in [3.63, 3.8) is 0 Å². The SMILES string of the molecule is CC(=O)N1CCN(c2ccc(C(=O)Nc3ccc(Oc4cccc(C)c4)cc3)cc2[N+](=O)[O-])CC1. The van der Waals surface area contributed by atoms with Gasteiger partial charge in [0, 0.05) is 50.4 Å². The summed E-state index contributed by atoms with van der Waals surface area (Å²) in [6, 6.07) is 19.0. The van der Waals surface area contributed by atoms with Gasteiger partial charge in [0.25, 0.3) is 11.6 Å². The minimum atomic E-state index is -0.485. The summed E-state index contributed by atoms with van der Waals surface area (Å²) in [4.78, 5) is 39.2. The van der Waals surface area contributed by atoms with Crippen molar-refractivity contribution in [2.75, 3.05) is 36.4 Å². The molecule has 0 unspecified atom stereocenters. The quantitative estimate of drug-likeness (QED) is 0.413. The predicted octanol–water partition coefficient (Wildman–Crippen LogP) is 4.62. The number of nitrogens with one attached hydrogen (secondary N) is 1. The van der Waals surface area contributed by atoms with Crippen LogP contribution in [0.2, 0.25) is 0 Å². The van der Waals surface area contributed by atoms with E-state index in [1.54, 1.807) is 41.3 Å². The van der Waals surface area contributed by atoms with Gasteiger partial charge in [0.1, 0.15) is 17.2 Å². The molecule has 1 N–H and O–H groups in total. The molecule has 1 aliphatic heterocycles. The van der Waals surface area contributed by atoms with Crippen LogP contribution in [0.25, 0.3) is 0 Å². The summed E-state index contributed by atoms with van der Waals surface area (Å²) >= 11 is 0. The van der Waals surface area contributed by atoms with Gasteiger partial charge in [-0.1, -0.05) is 12.1 Å². The molecule has 9 heteroatoms. The Morgan fingerprint density at radius 3 is 2.29 bits per heavy atom. The van der Waals surface area contributed by atoms with Crippen molar-refractivity contribution in [3.05, 3.63) is 88.0 Å². The lowest BCUT2D eigenvalue weighted by atomic mass is 10.1. The number of hydrogen-bond acceptors (Lipinski definition) is 6. The molecule has 0 aliphatic carbocycles. The van der Waals surface area contributed by atoms with Crippen molar-refractivity contribution < 1.29 is 19.2 Å². The molecular weight excluding hydrogens is 448 g/mol. The van der Waals surface area contributed by atoms with Crippen LogP contribution >= 0.6 is 0 Å². The third-order valence-corrected chi connectivity index (χ3v) is 5.84. The molecule has 35 heavy (non-hydrogen) atoms. The Morgan fingerprint density at radius 2 is 1.66 bits per heavy atom. The Labute approximate surface area is 203 Å². The number of carbonyl (C=O) groups excluding carboxylic acids is 2. The van der Waals surface area contributed by atoms with Crippen molar-refractivity contribution in [2.24, 2.45) is 0 Å². The van der Waals surface area contributed by atoms with Gasteiger partial charge < -0.3 is 19.9 Å². The molecule has 0 spiro atoms. The second kappa shape index (κ2) is 10.3. The second-order valence-electron chi connectivity index (χ2n) is 8.35. The molecule has 180 valence electrons. The van der Waals surface area contributed by atoms with Crippen LogP contribution in [0.4, 0.5) is 17.1 Å². The maximum absolute atomic E-state index is 12.8. The fraction of sp³-hybridized carbons (Fsp3) is 0.231. The van der Waals surface area contributed by atoms with Crippen LogP contribution in [0.3, 0.4) is 0 Å². The fourth-order valence-electron chi connectivity index (χ4n) is 3.97. The molecule has 3 aromatic rings. The molecule has 9 nitrogen and oxygen atoms in total. The number of carbonyl (C=O) groups is 2. The number of ether oxygens (including phenoxy) is 1. The summed E-state index contributed by atoms with van der Waals surface area (Å²) in [5.74, 6) is 0.879. The highest BCUT2D eigenvalue weighted by Gasteiger charge is 2.26. The van der Waals surface area contributed by atoms with Crippen molar-refractivity contribution in [2.45, 2.75) is 13.8 Å². The predicted molar refractivity (Wildman–Crippen MR) is 133 cm³/mol. The van der Waals surface area contributed by atoms with E-state index >= 15 is 0 Å². The Balaban J connectivity index is 1.44. The standard InChI is InChI=1S/C26H26N4O5/c1-18-4-3-5-23(16-18)35-22-9-7-21(8-10-22)27-26(32)20-6-11-24(25(17-20)30(33)34)29-14-12-28(13-15-29)19(2)31/h3-11,16-17H,12-15H2,1-2H3,(H,27,32). The third kappa shape index (κ3) is 5.75. The summed E-state index contributed by atoms with van der Waals surface area (Å²) in [6.45, 7) is 5.47. The van der Waals surface area contributed by atoms with Crippen LogP contribution in [0.5, 0.6) is 11.5 Å². The molecule has 1 aliphatic rings. The molecule has 0 saturated carbocycles. The molecule has 0 bridgehead atoms. The highest BCUT2D eigenvalue weighted by molar-refractivity contribution is 6.05. The van der Waals surface area contributed by atoms with Gasteiger partial charge in [-0.05, 0) is 61.0 Å². The van der Waals surface area contributed by atoms with Gasteiger partial charge in [-0.15, -0.1) is 0 Å². The Bertz CT molecular complexity index is 1250. The topological polar surface area (TPSA) is 105 Å². The van der Waals surface area contributed by atoms with E-state index in [0.29, 0.717) is 43.3 Å². The minimum absolute atomic E-state index is 0.0130. The van der Waals surface area contributed by atoms with Crippen molar-refractivity contribution in [3.8, 4) is 11.5 Å². The van der Waals surface area contributed by atoms with E-state index < -0.39 is 10.8 Å². The summed E-state index contributed by atoms with van der Waals surface area (Å²) < 4.78 is 5.82. The Hall–Kier alpha value is -4.40. The van der Waals surface area contributed by atoms with E-state index in [1.165, 1.54) is 13.0 Å². The zero-order chi connectivity index (χ0) is 24.9. The first-order valence-electron chi connectivity index (χ1n) is 11.2. The lowest BCUT2D eigenvalue weighted by Gasteiger charge is -2.35. The van der Waals surface area contributed by atoms with Gasteiger partial charge in [0.15, 0.2) is 0 Å². The van der Waals surface area contributed by atoms with E-state index in [9.17, 15) is 19.7 Å². The third-order valence-electron chi connectivity index (χ3n) is 5.84. The number of piperazine rings is 1. The van der Waals surface area contributed by atoms with Crippen LogP contribution < -0.4 is 15.0 Å².